The van der Waals surface area contributed by atoms with Crippen molar-refractivity contribution >= 4 is 58.8 Å². The minimum Gasteiger partial charge on any atom is -0.285 e. The number of Topliss-reactive ketones (excluding diaryl/α,β-unsaturated/α-hetero) is 2. The normalized spacial score (nSPS) is 18.1. The smallest absolute Gasteiger partial charge is 0.266 e. The molecule has 14 nitrogen and oxygen atoms in total. The van der Waals surface area contributed by atoms with E-state index < -0.39 is 81.6 Å². The Morgan fingerprint density at radius 2 is 0.365 bits per heavy atom. The fourth-order valence-corrected chi connectivity index (χ4v) is 7.05. The standard InChI is InChI=1S/C38H16N4O10/c43-29-25(39-31(45)17-9-1-2-10-18(17)32(39)46)26(40-33(47)19-11-3-4-12-20(19)34(40)48)30(44)28(42-37(51)23-15-7-8-16-24(23)38(42)52)27(29)41-35(49)21-13-5-6-14-22(21)36(41)50/h1-16H. The number of ketones is 2. The molecule has 0 bridgehead atoms. The Kier molecular flexibility index (Phi) is 6.06. The molecule has 9 rings (SSSR count). The first-order valence-electron chi connectivity index (χ1n) is 15.5. The zero-order valence-electron chi connectivity index (χ0n) is 26.1. The van der Waals surface area contributed by atoms with Gasteiger partial charge in [0.25, 0.3) is 47.3 Å². The predicted octanol–water partition coefficient (Wildman–Crippen LogP) is 2.75. The zero-order valence-corrected chi connectivity index (χ0v) is 26.1. The molecule has 8 amide bonds. The van der Waals surface area contributed by atoms with Crippen LogP contribution in [-0.2, 0) is 9.59 Å². The molecule has 4 heterocycles. The first kappa shape index (κ1) is 30.3. The summed E-state index contributed by atoms with van der Waals surface area (Å²) in [5.74, 6) is -12.1. The molecule has 14 heteroatoms. The van der Waals surface area contributed by atoms with Crippen molar-refractivity contribution in [2.24, 2.45) is 0 Å². The number of nitrogens with zero attached hydrogens (tertiary/aromatic N) is 4. The SMILES string of the molecule is O=C1C(N2C(=O)c3ccccc3C2=O)=C(N2C(=O)c3ccccc3C2=O)C(=O)C(N2C(=O)c3ccccc3C2=O)=C1N1C(=O)c2ccccc2C1=O. The first-order chi connectivity index (χ1) is 25.0. The summed E-state index contributed by atoms with van der Waals surface area (Å²) in [6.45, 7) is 0. The van der Waals surface area contributed by atoms with E-state index in [1.807, 2.05) is 0 Å². The van der Waals surface area contributed by atoms with Crippen molar-refractivity contribution in [3.05, 3.63) is 164 Å². The van der Waals surface area contributed by atoms with Gasteiger partial charge in [0.1, 0.15) is 22.8 Å². The molecular formula is C38H16N4O10. The third kappa shape index (κ3) is 3.66. The van der Waals surface area contributed by atoms with Crippen LogP contribution < -0.4 is 0 Å². The van der Waals surface area contributed by atoms with Crippen molar-refractivity contribution in [1.29, 1.82) is 0 Å². The van der Waals surface area contributed by atoms with E-state index in [1.54, 1.807) is 0 Å². The highest BCUT2D eigenvalue weighted by atomic mass is 16.2. The second-order valence-electron chi connectivity index (χ2n) is 12.0. The van der Waals surface area contributed by atoms with E-state index in [4.69, 9.17) is 0 Å². The number of imide groups is 4. The van der Waals surface area contributed by atoms with Crippen LogP contribution in [0.1, 0.15) is 82.9 Å². The van der Waals surface area contributed by atoms with Gasteiger partial charge in [0.2, 0.25) is 11.6 Å². The quantitative estimate of drug-likeness (QED) is 0.228. The Morgan fingerprint density at radius 1 is 0.231 bits per heavy atom. The molecule has 0 radical (unpaired) electrons. The number of hydrogen-bond donors (Lipinski definition) is 0. The summed E-state index contributed by atoms with van der Waals surface area (Å²) in [5.41, 5.74) is -6.12. The summed E-state index contributed by atoms with van der Waals surface area (Å²) >= 11 is 0. The molecule has 0 fully saturated rings. The van der Waals surface area contributed by atoms with Gasteiger partial charge in [-0.1, -0.05) is 48.5 Å². The average molecular weight is 689 g/mol. The third-order valence-corrected chi connectivity index (χ3v) is 9.38. The summed E-state index contributed by atoms with van der Waals surface area (Å²) in [4.78, 5) is 143. The highest BCUT2D eigenvalue weighted by Gasteiger charge is 2.57. The molecule has 248 valence electrons. The van der Waals surface area contributed by atoms with E-state index in [2.05, 4.69) is 0 Å². The zero-order chi connectivity index (χ0) is 36.3. The van der Waals surface area contributed by atoms with Crippen molar-refractivity contribution in [1.82, 2.24) is 19.6 Å². The molecule has 0 unspecified atom stereocenters. The van der Waals surface area contributed by atoms with Gasteiger partial charge in [-0.3, -0.25) is 47.9 Å². The van der Waals surface area contributed by atoms with E-state index in [-0.39, 0.29) is 44.5 Å². The van der Waals surface area contributed by atoms with Crippen molar-refractivity contribution in [3.8, 4) is 0 Å². The lowest BCUT2D eigenvalue weighted by Gasteiger charge is -2.34. The van der Waals surface area contributed by atoms with Gasteiger partial charge >= 0.3 is 0 Å². The average Bonchev–Trinajstić information content (AvgIpc) is 3.76. The van der Waals surface area contributed by atoms with Crippen LogP contribution in [0.3, 0.4) is 0 Å². The maximum atomic E-state index is 15.2. The Labute approximate surface area is 290 Å². The second-order valence-corrected chi connectivity index (χ2v) is 12.0. The van der Waals surface area contributed by atoms with Gasteiger partial charge in [0, 0.05) is 0 Å². The number of carbonyl (C=O) groups is 10. The molecule has 52 heavy (non-hydrogen) atoms. The van der Waals surface area contributed by atoms with Crippen LogP contribution in [0.2, 0.25) is 0 Å². The second kappa shape index (κ2) is 10.4. The molecule has 0 N–H and O–H groups in total. The summed E-state index contributed by atoms with van der Waals surface area (Å²) < 4.78 is 0. The Hall–Kier alpha value is -7.74. The molecule has 5 aliphatic rings. The molecule has 0 saturated heterocycles. The number of rotatable bonds is 4. The minimum absolute atomic E-state index is 0.195. The van der Waals surface area contributed by atoms with Gasteiger partial charge < -0.3 is 0 Å². The summed E-state index contributed by atoms with van der Waals surface area (Å²) in [5, 5.41) is 0. The fraction of sp³-hybridized carbons (Fsp3) is 0. The Balaban J connectivity index is 1.34. The largest absolute Gasteiger partial charge is 0.285 e. The maximum Gasteiger partial charge on any atom is 0.266 e. The number of fused-ring (bicyclic) bond motifs is 4. The van der Waals surface area contributed by atoms with Crippen LogP contribution in [0.15, 0.2) is 120 Å². The molecule has 4 aromatic rings. The number of hydrogen-bond acceptors (Lipinski definition) is 10. The van der Waals surface area contributed by atoms with Crippen molar-refractivity contribution in [2.75, 3.05) is 0 Å². The van der Waals surface area contributed by atoms with E-state index in [0.29, 0.717) is 19.6 Å². The highest BCUT2D eigenvalue weighted by molar-refractivity contribution is 6.39. The molecular weight excluding hydrogens is 672 g/mol. The van der Waals surface area contributed by atoms with Crippen LogP contribution in [0, 0.1) is 0 Å². The fourth-order valence-electron chi connectivity index (χ4n) is 7.05. The van der Waals surface area contributed by atoms with E-state index in [0.717, 1.165) is 0 Å². The third-order valence-electron chi connectivity index (χ3n) is 9.38. The van der Waals surface area contributed by atoms with Crippen LogP contribution in [0.5, 0.6) is 0 Å². The summed E-state index contributed by atoms with van der Waals surface area (Å²) in [6.07, 6.45) is 0. The molecule has 1 aliphatic carbocycles. The Bertz CT molecular complexity index is 2150. The van der Waals surface area contributed by atoms with Crippen LogP contribution in [0.4, 0.5) is 0 Å². The van der Waals surface area contributed by atoms with Crippen molar-refractivity contribution in [2.45, 2.75) is 0 Å². The van der Waals surface area contributed by atoms with Crippen LogP contribution in [-0.4, -0.2) is 78.4 Å². The van der Waals surface area contributed by atoms with E-state index in [9.17, 15) is 38.4 Å². The van der Waals surface area contributed by atoms with Gasteiger partial charge in [-0.05, 0) is 48.5 Å². The van der Waals surface area contributed by atoms with E-state index >= 15 is 9.59 Å². The lowest BCUT2D eigenvalue weighted by Crippen LogP contribution is -2.51. The topological polar surface area (TPSA) is 184 Å². The molecule has 4 aromatic carbocycles. The van der Waals surface area contributed by atoms with Crippen molar-refractivity contribution < 1.29 is 47.9 Å². The van der Waals surface area contributed by atoms with Crippen molar-refractivity contribution in [3.63, 3.8) is 0 Å². The minimum atomic E-state index is -1.55. The lowest BCUT2D eigenvalue weighted by atomic mass is 9.94. The highest BCUT2D eigenvalue weighted by Crippen LogP contribution is 2.42. The van der Waals surface area contributed by atoms with Crippen LogP contribution >= 0.6 is 0 Å². The molecule has 0 saturated carbocycles. The first-order valence-corrected chi connectivity index (χ1v) is 15.5. The maximum absolute atomic E-state index is 15.2. The number of amides is 8. The van der Waals surface area contributed by atoms with Gasteiger partial charge in [-0.15, -0.1) is 0 Å². The molecule has 4 aliphatic heterocycles. The number of carbonyl (C=O) groups excluding carboxylic acids is 10. The predicted molar refractivity (Wildman–Crippen MR) is 172 cm³/mol. The van der Waals surface area contributed by atoms with Gasteiger partial charge in [-0.2, -0.15) is 0 Å². The number of benzene rings is 4. The summed E-state index contributed by atoms with van der Waals surface area (Å²) in [7, 11) is 0. The monoisotopic (exact) mass is 688 g/mol. The lowest BCUT2D eigenvalue weighted by molar-refractivity contribution is -0.119. The van der Waals surface area contributed by atoms with Gasteiger partial charge in [-0.25, -0.2) is 19.6 Å². The van der Waals surface area contributed by atoms with Gasteiger partial charge in [0.15, 0.2) is 0 Å². The molecule has 0 spiro atoms. The van der Waals surface area contributed by atoms with E-state index in [1.165, 1.54) is 97.1 Å². The van der Waals surface area contributed by atoms with Gasteiger partial charge in [0.05, 0.1) is 44.5 Å². The van der Waals surface area contributed by atoms with Crippen LogP contribution in [0.25, 0.3) is 0 Å². The molecule has 0 aromatic heterocycles. The summed E-state index contributed by atoms with van der Waals surface area (Å²) in [6, 6.07) is 21.7. The Morgan fingerprint density at radius 3 is 0.500 bits per heavy atom. The molecule has 0 atom stereocenters.